The molecule has 1 unspecified atom stereocenters. The molecule has 0 radical (unpaired) electrons. The van der Waals surface area contributed by atoms with Crippen molar-refractivity contribution in [3.63, 3.8) is 0 Å². The number of rotatable bonds is 7. The summed E-state index contributed by atoms with van der Waals surface area (Å²) in [6, 6.07) is 82.5. The minimum Gasteiger partial charge on any atom is -0.455 e. The van der Waals surface area contributed by atoms with Gasteiger partial charge in [-0.1, -0.05) is 220 Å². The molecule has 10 aromatic carbocycles. The molecule has 0 bridgehead atoms. The molecule has 1 heterocycles. The highest BCUT2D eigenvalue weighted by atomic mass is 16.3. The van der Waals surface area contributed by atoms with E-state index in [1.807, 2.05) is 6.07 Å². The Morgan fingerprint density at radius 3 is 1.67 bits per heavy atom. The first-order valence-corrected chi connectivity index (χ1v) is 22.0. The number of benzene rings is 10. The summed E-state index contributed by atoms with van der Waals surface area (Å²) >= 11 is 0. The largest absolute Gasteiger partial charge is 0.455 e. The van der Waals surface area contributed by atoms with Crippen molar-refractivity contribution >= 4 is 32.7 Å². The molecule has 11 aromatic rings. The third-order valence-electron chi connectivity index (χ3n) is 13.6. The van der Waals surface area contributed by atoms with Gasteiger partial charge in [-0.2, -0.15) is 0 Å². The molecule has 1 aromatic heterocycles. The van der Waals surface area contributed by atoms with Gasteiger partial charge in [0.05, 0.1) is 0 Å². The van der Waals surface area contributed by atoms with Crippen LogP contribution < -0.4 is 0 Å². The van der Waals surface area contributed by atoms with Crippen molar-refractivity contribution in [3.8, 4) is 55.6 Å². The van der Waals surface area contributed by atoms with Crippen LogP contribution in [0.1, 0.15) is 47.6 Å². The van der Waals surface area contributed by atoms with E-state index in [0.717, 1.165) is 33.1 Å². The lowest BCUT2D eigenvalue weighted by Gasteiger charge is -2.25. The lowest BCUT2D eigenvalue weighted by Crippen LogP contribution is -2.16. The minimum atomic E-state index is -0.188. The average Bonchev–Trinajstić information content (AvgIpc) is 3.83. The maximum absolute atomic E-state index is 6.55. The second-order valence-corrected chi connectivity index (χ2v) is 17.7. The molecule has 0 spiro atoms. The standard InChI is InChI=1S/C62H44O/c1-62(2)57-38-48(47-31-28-41-14-6-7-15-46(41)36-47)32-34-53(57)54-35-33-51(39-58(54)62)60(45-29-26-44(27-30-45)43-24-22-42(23-25-43)40-12-4-3-5-13-40)50-17-10-16-49(37-50)52-19-11-20-56-55-18-8-9-21-59(55)63-61(52)56/h3-39,60H,1-2H3. The molecule has 0 fully saturated rings. The normalized spacial score (nSPS) is 13.3. The Kier molecular flexibility index (Phi) is 8.66. The molecule has 298 valence electrons. The predicted molar refractivity (Wildman–Crippen MR) is 264 cm³/mol. The van der Waals surface area contributed by atoms with Gasteiger partial charge in [-0.05, 0) is 107 Å². The van der Waals surface area contributed by atoms with Gasteiger partial charge in [0.1, 0.15) is 11.2 Å². The summed E-state index contributed by atoms with van der Waals surface area (Å²) in [6.45, 7) is 4.79. The van der Waals surface area contributed by atoms with Crippen molar-refractivity contribution in [2.24, 2.45) is 0 Å². The maximum atomic E-state index is 6.55. The van der Waals surface area contributed by atoms with Gasteiger partial charge in [-0.25, -0.2) is 0 Å². The molecule has 1 aliphatic rings. The highest BCUT2D eigenvalue weighted by molar-refractivity contribution is 6.09. The Morgan fingerprint density at radius 2 is 0.873 bits per heavy atom. The van der Waals surface area contributed by atoms with E-state index in [1.54, 1.807) is 0 Å². The van der Waals surface area contributed by atoms with Crippen molar-refractivity contribution < 1.29 is 4.42 Å². The fraction of sp³-hybridized carbons (Fsp3) is 0.0645. The van der Waals surface area contributed by atoms with Crippen molar-refractivity contribution in [1.29, 1.82) is 0 Å². The molecule has 63 heavy (non-hydrogen) atoms. The summed E-state index contributed by atoms with van der Waals surface area (Å²) in [5.41, 5.74) is 20.4. The highest BCUT2D eigenvalue weighted by Gasteiger charge is 2.36. The minimum absolute atomic E-state index is 0.00712. The van der Waals surface area contributed by atoms with Crippen LogP contribution in [0.3, 0.4) is 0 Å². The second-order valence-electron chi connectivity index (χ2n) is 17.7. The van der Waals surface area contributed by atoms with Crippen LogP contribution in [0.2, 0.25) is 0 Å². The van der Waals surface area contributed by atoms with Gasteiger partial charge in [0.15, 0.2) is 0 Å². The molecule has 0 N–H and O–H groups in total. The monoisotopic (exact) mass is 804 g/mol. The van der Waals surface area contributed by atoms with Crippen molar-refractivity contribution in [3.05, 3.63) is 252 Å². The van der Waals surface area contributed by atoms with Crippen molar-refractivity contribution in [1.82, 2.24) is 0 Å². The summed E-state index contributed by atoms with van der Waals surface area (Å²) in [6.07, 6.45) is 0. The Balaban J connectivity index is 0.956. The fourth-order valence-corrected chi connectivity index (χ4v) is 10.3. The molecule has 1 atom stereocenters. The maximum Gasteiger partial charge on any atom is 0.143 e. The predicted octanol–water partition coefficient (Wildman–Crippen LogP) is 16.9. The summed E-state index contributed by atoms with van der Waals surface area (Å²) in [7, 11) is 0. The van der Waals surface area contributed by atoms with Gasteiger partial charge in [0.25, 0.3) is 0 Å². The smallest absolute Gasteiger partial charge is 0.143 e. The van der Waals surface area contributed by atoms with Crippen LogP contribution >= 0.6 is 0 Å². The number of hydrogen-bond donors (Lipinski definition) is 0. The van der Waals surface area contributed by atoms with Gasteiger partial charge in [-0.3, -0.25) is 0 Å². The Morgan fingerprint density at radius 1 is 0.333 bits per heavy atom. The van der Waals surface area contributed by atoms with Crippen LogP contribution in [-0.4, -0.2) is 0 Å². The van der Waals surface area contributed by atoms with E-state index in [0.29, 0.717) is 0 Å². The fourth-order valence-electron chi connectivity index (χ4n) is 10.3. The first-order chi connectivity index (χ1) is 31.0. The lowest BCUT2D eigenvalue weighted by atomic mass is 9.78. The van der Waals surface area contributed by atoms with Gasteiger partial charge >= 0.3 is 0 Å². The second kappa shape index (κ2) is 14.7. The third kappa shape index (κ3) is 6.31. The zero-order valence-electron chi connectivity index (χ0n) is 35.3. The first-order valence-electron chi connectivity index (χ1n) is 22.0. The van der Waals surface area contributed by atoms with E-state index in [4.69, 9.17) is 4.42 Å². The Hall–Kier alpha value is -7.74. The topological polar surface area (TPSA) is 13.1 Å². The zero-order valence-corrected chi connectivity index (χ0v) is 35.3. The first kappa shape index (κ1) is 37.1. The molecule has 12 rings (SSSR count). The highest BCUT2D eigenvalue weighted by Crippen LogP contribution is 2.51. The molecule has 1 heteroatoms. The average molecular weight is 805 g/mol. The van der Waals surface area contributed by atoms with E-state index in [-0.39, 0.29) is 11.3 Å². The number of furan rings is 1. The Bertz CT molecular complexity index is 3510. The van der Waals surface area contributed by atoms with Crippen LogP contribution in [-0.2, 0) is 5.41 Å². The van der Waals surface area contributed by atoms with Crippen LogP contribution in [0.4, 0.5) is 0 Å². The van der Waals surface area contributed by atoms with E-state index in [1.165, 1.54) is 83.1 Å². The summed E-state index contributed by atoms with van der Waals surface area (Å²) in [5, 5.41) is 4.81. The van der Waals surface area contributed by atoms with Crippen LogP contribution in [0, 0.1) is 0 Å². The molecule has 0 saturated heterocycles. The number of hydrogen-bond acceptors (Lipinski definition) is 1. The summed E-state index contributed by atoms with van der Waals surface area (Å²) in [4.78, 5) is 0. The van der Waals surface area contributed by atoms with Gasteiger partial charge in [0, 0.05) is 27.7 Å². The molecule has 0 saturated carbocycles. The van der Waals surface area contributed by atoms with Crippen LogP contribution in [0.5, 0.6) is 0 Å². The van der Waals surface area contributed by atoms with E-state index in [9.17, 15) is 0 Å². The zero-order chi connectivity index (χ0) is 42.1. The lowest BCUT2D eigenvalue weighted by molar-refractivity contribution is 0.659. The molecular weight excluding hydrogens is 761 g/mol. The van der Waals surface area contributed by atoms with Crippen LogP contribution in [0.25, 0.3) is 88.3 Å². The molecule has 0 amide bonds. The SMILES string of the molecule is CC1(C)c2cc(-c3ccc4ccccc4c3)ccc2-c2ccc(C(c3ccc(-c4ccc(-c5ccccc5)cc4)cc3)c3cccc(-c4cccc5c4oc4ccccc45)c3)cc21. The Labute approximate surface area is 368 Å². The molecular formula is C62H44O. The van der Waals surface area contributed by atoms with Crippen molar-refractivity contribution in [2.75, 3.05) is 0 Å². The summed E-state index contributed by atoms with van der Waals surface area (Å²) < 4.78 is 6.55. The molecule has 1 nitrogen and oxygen atoms in total. The molecule has 0 aliphatic heterocycles. The van der Waals surface area contributed by atoms with E-state index >= 15 is 0 Å². The van der Waals surface area contributed by atoms with E-state index in [2.05, 4.69) is 232 Å². The summed E-state index contributed by atoms with van der Waals surface area (Å²) in [5.74, 6) is -0.00712. The third-order valence-corrected chi connectivity index (χ3v) is 13.6. The van der Waals surface area contributed by atoms with Gasteiger partial charge in [-0.15, -0.1) is 0 Å². The number of para-hydroxylation sites is 2. The van der Waals surface area contributed by atoms with E-state index < -0.39 is 0 Å². The molecule has 1 aliphatic carbocycles. The van der Waals surface area contributed by atoms with Crippen molar-refractivity contribution in [2.45, 2.75) is 25.2 Å². The number of fused-ring (bicyclic) bond motifs is 7. The van der Waals surface area contributed by atoms with Crippen LogP contribution in [0.15, 0.2) is 229 Å². The quantitative estimate of drug-likeness (QED) is 0.146. The van der Waals surface area contributed by atoms with Gasteiger partial charge < -0.3 is 4.42 Å². The van der Waals surface area contributed by atoms with Gasteiger partial charge in [0.2, 0.25) is 0 Å².